The second-order valence-electron chi connectivity index (χ2n) is 4.37. The van der Waals surface area contributed by atoms with Crippen molar-refractivity contribution in [2.45, 2.75) is 13.8 Å². The first-order chi connectivity index (χ1) is 9.60. The molecule has 0 spiro atoms. The smallest absolute Gasteiger partial charge is 0.255 e. The molecule has 0 fully saturated rings. The van der Waals surface area contributed by atoms with E-state index in [9.17, 15) is 4.79 Å². The molecule has 0 saturated carbocycles. The number of nitrogens with one attached hydrogen (secondary N) is 1. The number of rotatable bonds is 4. The van der Waals surface area contributed by atoms with Gasteiger partial charge in [0.25, 0.3) is 5.91 Å². The monoisotopic (exact) mass is 333 g/mol. The van der Waals surface area contributed by atoms with Crippen LogP contribution in [0.3, 0.4) is 0 Å². The van der Waals surface area contributed by atoms with Gasteiger partial charge in [0, 0.05) is 15.7 Å². The Bertz CT molecular complexity index is 608. The maximum absolute atomic E-state index is 12.1. The van der Waals surface area contributed by atoms with Crippen LogP contribution in [0.25, 0.3) is 0 Å². The van der Waals surface area contributed by atoms with E-state index in [0.717, 1.165) is 21.5 Å². The molecule has 20 heavy (non-hydrogen) atoms. The number of hydrogen-bond donors (Lipinski definition) is 1. The van der Waals surface area contributed by atoms with Crippen molar-refractivity contribution in [2.75, 3.05) is 11.9 Å². The topological polar surface area (TPSA) is 38.3 Å². The van der Waals surface area contributed by atoms with Crippen molar-refractivity contribution in [1.29, 1.82) is 0 Å². The quantitative estimate of drug-likeness (QED) is 0.899. The summed E-state index contributed by atoms with van der Waals surface area (Å²) in [6, 6.07) is 12.9. The van der Waals surface area contributed by atoms with E-state index < -0.39 is 0 Å². The molecule has 2 aromatic rings. The van der Waals surface area contributed by atoms with E-state index in [1.807, 2.05) is 44.2 Å². The van der Waals surface area contributed by atoms with Gasteiger partial charge in [0.1, 0.15) is 5.75 Å². The number of hydrogen-bond acceptors (Lipinski definition) is 2. The van der Waals surface area contributed by atoms with E-state index in [0.29, 0.717) is 12.2 Å². The van der Waals surface area contributed by atoms with Crippen LogP contribution in [0.15, 0.2) is 46.9 Å². The summed E-state index contributed by atoms with van der Waals surface area (Å²) >= 11 is 3.35. The van der Waals surface area contributed by atoms with E-state index >= 15 is 0 Å². The lowest BCUT2D eigenvalue weighted by atomic mass is 10.1. The average Bonchev–Trinajstić information content (AvgIpc) is 2.43. The van der Waals surface area contributed by atoms with Gasteiger partial charge in [-0.2, -0.15) is 0 Å². The Morgan fingerprint density at radius 2 is 1.90 bits per heavy atom. The summed E-state index contributed by atoms with van der Waals surface area (Å²) in [4.78, 5) is 12.1. The van der Waals surface area contributed by atoms with Gasteiger partial charge in [0.05, 0.1) is 6.61 Å². The first-order valence-corrected chi connectivity index (χ1v) is 7.20. The maximum Gasteiger partial charge on any atom is 0.255 e. The van der Waals surface area contributed by atoms with Crippen LogP contribution in [-0.4, -0.2) is 12.5 Å². The van der Waals surface area contributed by atoms with Crippen molar-refractivity contribution in [3.63, 3.8) is 0 Å². The molecule has 0 aliphatic rings. The van der Waals surface area contributed by atoms with Gasteiger partial charge in [-0.3, -0.25) is 4.79 Å². The zero-order valence-electron chi connectivity index (χ0n) is 11.4. The molecule has 1 N–H and O–H groups in total. The van der Waals surface area contributed by atoms with Gasteiger partial charge in [0.15, 0.2) is 0 Å². The van der Waals surface area contributed by atoms with Crippen molar-refractivity contribution in [1.82, 2.24) is 0 Å². The van der Waals surface area contributed by atoms with Gasteiger partial charge in [-0.25, -0.2) is 0 Å². The molecule has 4 heteroatoms. The summed E-state index contributed by atoms with van der Waals surface area (Å²) in [5.74, 6) is 0.691. The Morgan fingerprint density at radius 3 is 2.50 bits per heavy atom. The normalized spacial score (nSPS) is 10.2. The lowest BCUT2D eigenvalue weighted by Crippen LogP contribution is -2.12. The fourth-order valence-corrected chi connectivity index (χ4v) is 2.09. The molecule has 0 aromatic heterocycles. The fourth-order valence-electron chi connectivity index (χ4n) is 1.83. The van der Waals surface area contributed by atoms with Crippen molar-refractivity contribution in [3.8, 4) is 5.75 Å². The van der Waals surface area contributed by atoms with Gasteiger partial charge in [-0.15, -0.1) is 0 Å². The molecule has 2 aromatic carbocycles. The number of carbonyl (C=O) groups excluding carboxylic acids is 1. The van der Waals surface area contributed by atoms with Crippen LogP contribution in [0.4, 0.5) is 5.69 Å². The van der Waals surface area contributed by atoms with Crippen molar-refractivity contribution in [2.24, 2.45) is 0 Å². The predicted molar refractivity (Wildman–Crippen MR) is 84.4 cm³/mol. The Kier molecular flexibility index (Phi) is 4.79. The summed E-state index contributed by atoms with van der Waals surface area (Å²) in [6.45, 7) is 4.52. The van der Waals surface area contributed by atoms with Crippen LogP contribution in [0.2, 0.25) is 0 Å². The average molecular weight is 334 g/mol. The van der Waals surface area contributed by atoms with Crippen LogP contribution in [0.5, 0.6) is 5.75 Å². The molecule has 0 heterocycles. The van der Waals surface area contributed by atoms with E-state index in [1.165, 1.54) is 0 Å². The van der Waals surface area contributed by atoms with Crippen LogP contribution in [0, 0.1) is 6.92 Å². The Balaban J connectivity index is 2.13. The van der Waals surface area contributed by atoms with Gasteiger partial charge >= 0.3 is 0 Å². The van der Waals surface area contributed by atoms with E-state index in [2.05, 4.69) is 21.2 Å². The van der Waals surface area contributed by atoms with E-state index in [4.69, 9.17) is 4.74 Å². The third-order valence-corrected chi connectivity index (χ3v) is 3.39. The molecule has 0 radical (unpaired) electrons. The zero-order valence-corrected chi connectivity index (χ0v) is 13.0. The number of halogens is 1. The van der Waals surface area contributed by atoms with E-state index in [1.54, 1.807) is 12.1 Å². The molecule has 0 aliphatic carbocycles. The second kappa shape index (κ2) is 6.57. The molecule has 0 bridgehead atoms. The van der Waals surface area contributed by atoms with Gasteiger partial charge < -0.3 is 10.1 Å². The fraction of sp³-hybridized carbons (Fsp3) is 0.188. The third-order valence-electron chi connectivity index (χ3n) is 2.86. The molecule has 2 rings (SSSR count). The standard InChI is InChI=1S/C16H16BrNO2/c1-3-20-14-8-9-15(11(2)10-14)18-16(19)12-4-6-13(17)7-5-12/h4-10H,3H2,1-2H3,(H,18,19). The summed E-state index contributed by atoms with van der Waals surface area (Å²) in [6.07, 6.45) is 0. The minimum atomic E-state index is -0.121. The predicted octanol–water partition coefficient (Wildman–Crippen LogP) is 4.41. The first kappa shape index (κ1) is 14.6. The van der Waals surface area contributed by atoms with Crippen LogP contribution < -0.4 is 10.1 Å². The lowest BCUT2D eigenvalue weighted by Gasteiger charge is -2.10. The van der Waals surface area contributed by atoms with Crippen molar-refractivity contribution >= 4 is 27.5 Å². The number of anilines is 1. The minimum absolute atomic E-state index is 0.121. The molecule has 0 unspecified atom stereocenters. The Morgan fingerprint density at radius 1 is 1.20 bits per heavy atom. The zero-order chi connectivity index (χ0) is 14.5. The summed E-state index contributed by atoms with van der Waals surface area (Å²) in [5.41, 5.74) is 2.39. The highest BCUT2D eigenvalue weighted by molar-refractivity contribution is 9.10. The molecule has 0 aliphatic heterocycles. The number of amides is 1. The summed E-state index contributed by atoms with van der Waals surface area (Å²) < 4.78 is 6.38. The third kappa shape index (κ3) is 3.61. The summed E-state index contributed by atoms with van der Waals surface area (Å²) in [7, 11) is 0. The summed E-state index contributed by atoms with van der Waals surface area (Å²) in [5, 5.41) is 2.91. The van der Waals surface area contributed by atoms with Crippen molar-refractivity contribution < 1.29 is 9.53 Å². The first-order valence-electron chi connectivity index (χ1n) is 6.40. The highest BCUT2D eigenvalue weighted by Crippen LogP contribution is 2.22. The lowest BCUT2D eigenvalue weighted by molar-refractivity contribution is 0.102. The SMILES string of the molecule is CCOc1ccc(NC(=O)c2ccc(Br)cc2)c(C)c1. The molecule has 104 valence electrons. The van der Waals surface area contributed by atoms with Crippen LogP contribution in [0.1, 0.15) is 22.8 Å². The molecular formula is C16H16BrNO2. The number of ether oxygens (including phenoxy) is 1. The van der Waals surface area contributed by atoms with Crippen LogP contribution in [-0.2, 0) is 0 Å². The van der Waals surface area contributed by atoms with Gasteiger partial charge in [-0.1, -0.05) is 15.9 Å². The number of aryl methyl sites for hydroxylation is 1. The number of carbonyl (C=O) groups is 1. The Hall–Kier alpha value is -1.81. The molecular weight excluding hydrogens is 318 g/mol. The highest BCUT2D eigenvalue weighted by Gasteiger charge is 2.08. The van der Waals surface area contributed by atoms with Gasteiger partial charge in [-0.05, 0) is 61.9 Å². The van der Waals surface area contributed by atoms with Crippen LogP contribution >= 0.6 is 15.9 Å². The van der Waals surface area contributed by atoms with Gasteiger partial charge in [0.2, 0.25) is 0 Å². The second-order valence-corrected chi connectivity index (χ2v) is 5.29. The molecule has 0 saturated heterocycles. The molecule has 3 nitrogen and oxygen atoms in total. The Labute approximate surface area is 127 Å². The highest BCUT2D eigenvalue weighted by atomic mass is 79.9. The minimum Gasteiger partial charge on any atom is -0.494 e. The molecule has 0 atom stereocenters. The van der Waals surface area contributed by atoms with Crippen molar-refractivity contribution in [3.05, 3.63) is 58.1 Å². The number of benzene rings is 2. The molecule has 1 amide bonds. The van der Waals surface area contributed by atoms with E-state index in [-0.39, 0.29) is 5.91 Å². The maximum atomic E-state index is 12.1. The largest absolute Gasteiger partial charge is 0.494 e.